The Kier molecular flexibility index (Phi) is 1.44. The Hall–Kier alpha value is -1.58. The minimum absolute atomic E-state index is 0.817. The molecule has 1 aromatic rings. The van der Waals surface area contributed by atoms with Crippen LogP contribution >= 0.6 is 0 Å². The van der Waals surface area contributed by atoms with Gasteiger partial charge in [-0.25, -0.2) is 0 Å². The summed E-state index contributed by atoms with van der Waals surface area (Å²) in [5.41, 5.74) is 0. The van der Waals surface area contributed by atoms with Gasteiger partial charge in [0.15, 0.2) is 5.82 Å². The van der Waals surface area contributed by atoms with E-state index in [1.165, 1.54) is 0 Å². The largest absolute Gasteiger partial charge is 0.306 e. The Labute approximate surface area is 64.2 Å². The van der Waals surface area contributed by atoms with Crippen molar-refractivity contribution in [3.8, 4) is 0 Å². The van der Waals surface area contributed by atoms with Crippen molar-refractivity contribution in [1.82, 2.24) is 15.4 Å². The second-order valence-corrected chi connectivity index (χ2v) is 2.24. The number of hydrogen-bond donors (Lipinski definition) is 1. The van der Waals surface area contributed by atoms with Crippen molar-refractivity contribution in [2.75, 3.05) is 4.90 Å². The second-order valence-electron chi connectivity index (χ2n) is 2.24. The lowest BCUT2D eigenvalue weighted by atomic mass is 10.3. The van der Waals surface area contributed by atoms with Gasteiger partial charge in [-0.2, -0.15) is 10.3 Å². The average Bonchev–Trinajstić information content (AvgIpc) is 2.58. The molecule has 1 aliphatic heterocycles. The van der Waals surface area contributed by atoms with Crippen LogP contribution in [0.5, 0.6) is 0 Å². The SMILES string of the molecule is C1=CN(c2cn[nH]n2)C=CC1. The Morgan fingerprint density at radius 3 is 2.82 bits per heavy atom. The van der Waals surface area contributed by atoms with E-state index in [4.69, 9.17) is 0 Å². The van der Waals surface area contributed by atoms with Crippen molar-refractivity contribution in [3.05, 3.63) is 30.7 Å². The summed E-state index contributed by atoms with van der Waals surface area (Å²) in [6, 6.07) is 0. The van der Waals surface area contributed by atoms with Crippen LogP contribution in [-0.4, -0.2) is 15.4 Å². The lowest BCUT2D eigenvalue weighted by Crippen LogP contribution is -2.08. The lowest BCUT2D eigenvalue weighted by Gasteiger charge is -2.12. The van der Waals surface area contributed by atoms with Gasteiger partial charge in [0.05, 0.1) is 6.20 Å². The fourth-order valence-electron chi connectivity index (χ4n) is 0.950. The summed E-state index contributed by atoms with van der Waals surface area (Å²) in [6.45, 7) is 0. The van der Waals surface area contributed by atoms with Gasteiger partial charge < -0.3 is 4.90 Å². The third-order valence-corrected chi connectivity index (χ3v) is 1.47. The number of allylic oxidation sites excluding steroid dienone is 2. The van der Waals surface area contributed by atoms with E-state index >= 15 is 0 Å². The smallest absolute Gasteiger partial charge is 0.178 e. The van der Waals surface area contributed by atoms with Gasteiger partial charge in [0.2, 0.25) is 0 Å². The zero-order chi connectivity index (χ0) is 7.52. The third kappa shape index (κ3) is 1.14. The molecule has 0 saturated heterocycles. The topological polar surface area (TPSA) is 44.8 Å². The average molecular weight is 148 g/mol. The normalized spacial score (nSPS) is 15.8. The summed E-state index contributed by atoms with van der Waals surface area (Å²) in [5.74, 6) is 0.817. The monoisotopic (exact) mass is 148 g/mol. The number of rotatable bonds is 1. The summed E-state index contributed by atoms with van der Waals surface area (Å²) in [4.78, 5) is 1.91. The Morgan fingerprint density at radius 1 is 1.36 bits per heavy atom. The van der Waals surface area contributed by atoms with E-state index in [1.807, 2.05) is 17.3 Å². The van der Waals surface area contributed by atoms with E-state index in [2.05, 4.69) is 27.6 Å². The first-order valence-electron chi connectivity index (χ1n) is 3.44. The molecule has 0 unspecified atom stereocenters. The molecule has 0 saturated carbocycles. The molecule has 0 aromatic carbocycles. The molecule has 56 valence electrons. The van der Waals surface area contributed by atoms with Crippen LogP contribution in [0.4, 0.5) is 5.82 Å². The number of aromatic amines is 1. The van der Waals surface area contributed by atoms with Gasteiger partial charge >= 0.3 is 0 Å². The number of nitrogens with one attached hydrogen (secondary N) is 1. The van der Waals surface area contributed by atoms with Gasteiger partial charge in [-0.15, -0.1) is 5.10 Å². The molecule has 0 spiro atoms. The summed E-state index contributed by atoms with van der Waals surface area (Å²) >= 11 is 0. The maximum atomic E-state index is 3.93. The minimum atomic E-state index is 0.817. The van der Waals surface area contributed by atoms with Crippen LogP contribution < -0.4 is 4.90 Å². The molecule has 0 fully saturated rings. The zero-order valence-corrected chi connectivity index (χ0v) is 5.94. The molecule has 0 radical (unpaired) electrons. The van der Waals surface area contributed by atoms with Gasteiger partial charge in [-0.3, -0.25) is 0 Å². The first-order chi connectivity index (χ1) is 5.47. The second kappa shape index (κ2) is 2.57. The molecule has 2 heterocycles. The third-order valence-electron chi connectivity index (χ3n) is 1.47. The van der Waals surface area contributed by atoms with E-state index in [-0.39, 0.29) is 0 Å². The first-order valence-corrected chi connectivity index (χ1v) is 3.44. The van der Waals surface area contributed by atoms with Crippen molar-refractivity contribution in [3.63, 3.8) is 0 Å². The quantitative estimate of drug-likeness (QED) is 0.647. The highest BCUT2D eigenvalue weighted by Crippen LogP contribution is 2.11. The molecule has 4 heteroatoms. The molecule has 0 amide bonds. The Bertz CT molecular complexity index is 261. The maximum Gasteiger partial charge on any atom is 0.178 e. The molecule has 1 N–H and O–H groups in total. The van der Waals surface area contributed by atoms with Crippen LogP contribution in [-0.2, 0) is 0 Å². The van der Waals surface area contributed by atoms with Crippen LogP contribution in [0.1, 0.15) is 6.42 Å². The molecular weight excluding hydrogens is 140 g/mol. The van der Waals surface area contributed by atoms with Crippen molar-refractivity contribution >= 4 is 5.82 Å². The minimum Gasteiger partial charge on any atom is -0.306 e. The standard InChI is InChI=1S/C7H8N4/c1-2-4-11(5-3-1)7-6-8-10-9-7/h2-6H,1H2,(H,8,9,10). The predicted octanol–water partition coefficient (Wildman–Crippen LogP) is 1.04. The van der Waals surface area contributed by atoms with Gasteiger partial charge in [-0.1, -0.05) is 12.2 Å². The highest BCUT2D eigenvalue weighted by Gasteiger charge is 2.02. The van der Waals surface area contributed by atoms with Crippen LogP contribution in [0.3, 0.4) is 0 Å². The number of hydrogen-bond acceptors (Lipinski definition) is 3. The molecule has 0 atom stereocenters. The van der Waals surface area contributed by atoms with Crippen molar-refractivity contribution < 1.29 is 0 Å². The van der Waals surface area contributed by atoms with Gasteiger partial charge in [0.25, 0.3) is 0 Å². The Morgan fingerprint density at radius 2 is 2.18 bits per heavy atom. The Balaban J connectivity index is 2.23. The molecule has 4 nitrogen and oxygen atoms in total. The number of anilines is 1. The van der Waals surface area contributed by atoms with E-state index in [0.29, 0.717) is 0 Å². The summed E-state index contributed by atoms with van der Waals surface area (Å²) in [5, 5.41) is 10.2. The number of H-pyrrole nitrogens is 1. The lowest BCUT2D eigenvalue weighted by molar-refractivity contribution is 0.934. The fraction of sp³-hybridized carbons (Fsp3) is 0.143. The summed E-state index contributed by atoms with van der Waals surface area (Å²) < 4.78 is 0. The van der Waals surface area contributed by atoms with Crippen molar-refractivity contribution in [2.24, 2.45) is 0 Å². The molecular formula is C7H8N4. The van der Waals surface area contributed by atoms with E-state index in [9.17, 15) is 0 Å². The fourth-order valence-corrected chi connectivity index (χ4v) is 0.950. The van der Waals surface area contributed by atoms with Crippen LogP contribution in [0.2, 0.25) is 0 Å². The molecule has 0 bridgehead atoms. The van der Waals surface area contributed by atoms with Gasteiger partial charge in [0, 0.05) is 12.4 Å². The molecule has 1 aromatic heterocycles. The molecule has 0 aliphatic carbocycles. The van der Waals surface area contributed by atoms with E-state index in [0.717, 1.165) is 12.2 Å². The van der Waals surface area contributed by atoms with Crippen LogP contribution in [0, 0.1) is 0 Å². The first kappa shape index (κ1) is 6.15. The van der Waals surface area contributed by atoms with E-state index < -0.39 is 0 Å². The summed E-state index contributed by atoms with van der Waals surface area (Å²) in [6.07, 6.45) is 10.7. The number of aromatic nitrogens is 3. The molecule has 2 rings (SSSR count). The maximum absolute atomic E-state index is 3.93. The van der Waals surface area contributed by atoms with E-state index in [1.54, 1.807) is 6.20 Å². The van der Waals surface area contributed by atoms with Gasteiger partial charge in [-0.05, 0) is 6.42 Å². The van der Waals surface area contributed by atoms with Crippen molar-refractivity contribution in [1.29, 1.82) is 0 Å². The molecule has 11 heavy (non-hydrogen) atoms. The summed E-state index contributed by atoms with van der Waals surface area (Å²) in [7, 11) is 0. The highest BCUT2D eigenvalue weighted by molar-refractivity contribution is 5.44. The predicted molar refractivity (Wildman–Crippen MR) is 41.8 cm³/mol. The molecule has 1 aliphatic rings. The zero-order valence-electron chi connectivity index (χ0n) is 5.94. The van der Waals surface area contributed by atoms with Gasteiger partial charge in [0.1, 0.15) is 0 Å². The highest BCUT2D eigenvalue weighted by atomic mass is 15.4. The number of nitrogens with zero attached hydrogens (tertiary/aromatic N) is 3. The van der Waals surface area contributed by atoms with Crippen LogP contribution in [0.25, 0.3) is 0 Å². The van der Waals surface area contributed by atoms with Crippen LogP contribution in [0.15, 0.2) is 30.7 Å². The van der Waals surface area contributed by atoms with Crippen molar-refractivity contribution in [2.45, 2.75) is 6.42 Å².